The first kappa shape index (κ1) is 11.7. The summed E-state index contributed by atoms with van der Waals surface area (Å²) in [6.07, 6.45) is 2.09. The number of nitrogens with two attached hydrogens (primary N) is 1. The van der Waals surface area contributed by atoms with Crippen LogP contribution in [0.4, 0.5) is 0 Å². The predicted octanol–water partition coefficient (Wildman–Crippen LogP) is 1.42. The van der Waals surface area contributed by atoms with Gasteiger partial charge in [0.05, 0.1) is 11.4 Å². The van der Waals surface area contributed by atoms with Gasteiger partial charge in [0.15, 0.2) is 0 Å². The number of aromatic nitrogens is 2. The SMILES string of the molecule is Cc1nc2ccccn2c1CN1CC(C)C(N)C1. The molecule has 96 valence electrons. The Labute approximate surface area is 107 Å². The van der Waals surface area contributed by atoms with E-state index in [0.29, 0.717) is 12.0 Å². The Kier molecular flexibility index (Phi) is 2.84. The highest BCUT2D eigenvalue weighted by Crippen LogP contribution is 2.19. The van der Waals surface area contributed by atoms with Crippen molar-refractivity contribution in [3.8, 4) is 0 Å². The van der Waals surface area contributed by atoms with Gasteiger partial charge in [0.1, 0.15) is 5.65 Å². The Morgan fingerprint density at radius 3 is 2.94 bits per heavy atom. The molecule has 2 atom stereocenters. The number of rotatable bonds is 2. The van der Waals surface area contributed by atoms with Crippen LogP contribution in [0.15, 0.2) is 24.4 Å². The first-order chi connectivity index (χ1) is 8.65. The smallest absolute Gasteiger partial charge is 0.137 e. The molecule has 3 rings (SSSR count). The Morgan fingerprint density at radius 2 is 2.22 bits per heavy atom. The zero-order chi connectivity index (χ0) is 12.7. The average Bonchev–Trinajstić information content (AvgIpc) is 2.82. The van der Waals surface area contributed by atoms with E-state index in [-0.39, 0.29) is 0 Å². The number of hydrogen-bond donors (Lipinski definition) is 1. The minimum Gasteiger partial charge on any atom is -0.326 e. The minimum absolute atomic E-state index is 0.310. The number of aryl methyl sites for hydroxylation is 1. The van der Waals surface area contributed by atoms with Crippen molar-refractivity contribution < 1.29 is 0 Å². The highest BCUT2D eigenvalue weighted by molar-refractivity contribution is 5.42. The normalized spacial score (nSPS) is 25.1. The summed E-state index contributed by atoms with van der Waals surface area (Å²) in [6.45, 7) is 7.32. The van der Waals surface area contributed by atoms with Gasteiger partial charge in [-0.15, -0.1) is 0 Å². The summed E-state index contributed by atoms with van der Waals surface area (Å²) in [5.41, 5.74) is 9.52. The third kappa shape index (κ3) is 1.91. The van der Waals surface area contributed by atoms with E-state index in [0.717, 1.165) is 31.0 Å². The lowest BCUT2D eigenvalue weighted by molar-refractivity contribution is 0.313. The molecule has 4 heteroatoms. The zero-order valence-corrected chi connectivity index (χ0v) is 11.0. The van der Waals surface area contributed by atoms with Crippen LogP contribution < -0.4 is 5.73 Å². The van der Waals surface area contributed by atoms with Crippen molar-refractivity contribution >= 4 is 5.65 Å². The summed E-state index contributed by atoms with van der Waals surface area (Å²) >= 11 is 0. The van der Waals surface area contributed by atoms with E-state index in [1.807, 2.05) is 6.07 Å². The molecule has 4 nitrogen and oxygen atoms in total. The van der Waals surface area contributed by atoms with Crippen LogP contribution in [0.1, 0.15) is 18.3 Å². The molecule has 0 bridgehead atoms. The van der Waals surface area contributed by atoms with Gasteiger partial charge in [-0.25, -0.2) is 4.98 Å². The minimum atomic E-state index is 0.310. The zero-order valence-electron chi connectivity index (χ0n) is 11.0. The van der Waals surface area contributed by atoms with E-state index in [9.17, 15) is 0 Å². The fourth-order valence-corrected chi connectivity index (χ4v) is 2.79. The molecular weight excluding hydrogens is 224 g/mol. The molecule has 0 amide bonds. The van der Waals surface area contributed by atoms with Crippen molar-refractivity contribution in [1.29, 1.82) is 0 Å². The highest BCUT2D eigenvalue weighted by Gasteiger charge is 2.27. The van der Waals surface area contributed by atoms with Gasteiger partial charge in [-0.2, -0.15) is 0 Å². The summed E-state index contributed by atoms with van der Waals surface area (Å²) in [5, 5.41) is 0. The van der Waals surface area contributed by atoms with Crippen molar-refractivity contribution in [3.05, 3.63) is 35.8 Å². The van der Waals surface area contributed by atoms with Gasteiger partial charge in [-0.05, 0) is 25.0 Å². The molecule has 1 aliphatic rings. The van der Waals surface area contributed by atoms with Crippen molar-refractivity contribution in [2.45, 2.75) is 26.4 Å². The number of fused-ring (bicyclic) bond motifs is 1. The molecule has 3 heterocycles. The van der Waals surface area contributed by atoms with Gasteiger partial charge in [-0.1, -0.05) is 13.0 Å². The number of imidazole rings is 1. The molecule has 1 fully saturated rings. The lowest BCUT2D eigenvalue weighted by atomic mass is 10.1. The predicted molar refractivity (Wildman–Crippen MR) is 72.3 cm³/mol. The fourth-order valence-electron chi connectivity index (χ4n) is 2.79. The fraction of sp³-hybridized carbons (Fsp3) is 0.500. The van der Waals surface area contributed by atoms with Crippen LogP contribution in [0.5, 0.6) is 0 Å². The van der Waals surface area contributed by atoms with Crippen LogP contribution in [0.3, 0.4) is 0 Å². The molecule has 0 saturated carbocycles. The first-order valence-electron chi connectivity index (χ1n) is 6.55. The third-order valence-corrected chi connectivity index (χ3v) is 3.95. The maximum absolute atomic E-state index is 6.08. The van der Waals surface area contributed by atoms with Crippen LogP contribution in [0.25, 0.3) is 5.65 Å². The molecule has 18 heavy (non-hydrogen) atoms. The van der Waals surface area contributed by atoms with Crippen molar-refractivity contribution in [3.63, 3.8) is 0 Å². The Morgan fingerprint density at radius 1 is 1.39 bits per heavy atom. The Hall–Kier alpha value is -1.39. The monoisotopic (exact) mass is 244 g/mol. The maximum atomic E-state index is 6.08. The second-order valence-electron chi connectivity index (χ2n) is 5.41. The van der Waals surface area contributed by atoms with Gasteiger partial charge in [-0.3, -0.25) is 4.90 Å². The van der Waals surface area contributed by atoms with E-state index in [1.54, 1.807) is 0 Å². The molecule has 2 aromatic rings. The van der Waals surface area contributed by atoms with Crippen LogP contribution in [-0.4, -0.2) is 33.4 Å². The van der Waals surface area contributed by atoms with E-state index in [4.69, 9.17) is 5.73 Å². The molecule has 0 radical (unpaired) electrons. The topological polar surface area (TPSA) is 46.6 Å². The third-order valence-electron chi connectivity index (χ3n) is 3.95. The lowest BCUT2D eigenvalue weighted by Gasteiger charge is -2.15. The molecule has 2 unspecified atom stereocenters. The summed E-state index contributed by atoms with van der Waals surface area (Å²) in [7, 11) is 0. The Balaban J connectivity index is 1.89. The molecular formula is C14H20N4. The highest BCUT2D eigenvalue weighted by atomic mass is 15.2. The molecule has 1 saturated heterocycles. The van der Waals surface area contributed by atoms with Gasteiger partial charge >= 0.3 is 0 Å². The second kappa shape index (κ2) is 4.37. The van der Waals surface area contributed by atoms with E-state index < -0.39 is 0 Å². The molecule has 2 aromatic heterocycles. The number of likely N-dealkylation sites (tertiary alicyclic amines) is 1. The molecule has 2 N–H and O–H groups in total. The lowest BCUT2D eigenvalue weighted by Crippen LogP contribution is -2.28. The van der Waals surface area contributed by atoms with E-state index in [1.165, 1.54) is 5.69 Å². The summed E-state index contributed by atoms with van der Waals surface area (Å²) in [5.74, 6) is 0.587. The maximum Gasteiger partial charge on any atom is 0.137 e. The van der Waals surface area contributed by atoms with Crippen LogP contribution in [-0.2, 0) is 6.54 Å². The number of pyridine rings is 1. The standard InChI is InChI=1S/C14H20N4/c1-10-7-17(8-12(10)15)9-13-11(2)16-14-5-3-4-6-18(13)14/h3-6,10,12H,7-9,15H2,1-2H3. The van der Waals surface area contributed by atoms with Crippen LogP contribution in [0, 0.1) is 12.8 Å². The van der Waals surface area contributed by atoms with Crippen LogP contribution >= 0.6 is 0 Å². The van der Waals surface area contributed by atoms with Gasteiger partial charge in [0.25, 0.3) is 0 Å². The van der Waals surface area contributed by atoms with Crippen molar-refractivity contribution in [1.82, 2.24) is 14.3 Å². The van der Waals surface area contributed by atoms with Crippen LogP contribution in [0.2, 0.25) is 0 Å². The van der Waals surface area contributed by atoms with Gasteiger partial charge in [0.2, 0.25) is 0 Å². The Bertz CT molecular complexity index is 550. The number of hydrogen-bond acceptors (Lipinski definition) is 3. The summed E-state index contributed by atoms with van der Waals surface area (Å²) in [6, 6.07) is 6.44. The molecule has 0 spiro atoms. The quantitative estimate of drug-likeness (QED) is 0.869. The summed E-state index contributed by atoms with van der Waals surface area (Å²) in [4.78, 5) is 7.03. The van der Waals surface area contributed by atoms with Crippen molar-refractivity contribution in [2.24, 2.45) is 11.7 Å². The average molecular weight is 244 g/mol. The van der Waals surface area contributed by atoms with Crippen molar-refractivity contribution in [2.75, 3.05) is 13.1 Å². The van der Waals surface area contributed by atoms with E-state index in [2.05, 4.69) is 46.5 Å². The molecule has 1 aliphatic heterocycles. The van der Waals surface area contributed by atoms with E-state index >= 15 is 0 Å². The van der Waals surface area contributed by atoms with Gasteiger partial charge < -0.3 is 10.1 Å². The molecule has 0 aliphatic carbocycles. The van der Waals surface area contributed by atoms with Gasteiger partial charge in [0, 0.05) is 31.9 Å². The molecule has 0 aromatic carbocycles. The largest absolute Gasteiger partial charge is 0.326 e. The second-order valence-corrected chi connectivity index (χ2v) is 5.41. The first-order valence-corrected chi connectivity index (χ1v) is 6.55. The summed E-state index contributed by atoms with van der Waals surface area (Å²) < 4.78 is 2.18. The number of nitrogens with zero attached hydrogens (tertiary/aromatic N) is 3.